The maximum atomic E-state index is 5.62. The molecule has 0 spiro atoms. The third-order valence-electron chi connectivity index (χ3n) is 2.76. The molecule has 0 bridgehead atoms. The van der Waals surface area contributed by atoms with Crippen molar-refractivity contribution in [3.05, 3.63) is 23.9 Å². The molecule has 0 amide bonds. The minimum Gasteiger partial charge on any atom is -0.486 e. The van der Waals surface area contributed by atoms with E-state index in [9.17, 15) is 0 Å². The molecular formula is C12H13N3O2S2. The summed E-state index contributed by atoms with van der Waals surface area (Å²) in [5, 5.41) is 8.07. The number of ether oxygens (including phenoxy) is 2. The summed E-state index contributed by atoms with van der Waals surface area (Å²) in [6.45, 7) is 1.94. The highest BCUT2D eigenvalue weighted by Gasteiger charge is 2.15. The molecule has 2 aromatic rings. The van der Waals surface area contributed by atoms with Crippen LogP contribution in [0.3, 0.4) is 0 Å². The molecule has 19 heavy (non-hydrogen) atoms. The predicted molar refractivity (Wildman–Crippen MR) is 76.4 cm³/mol. The molecule has 0 atom stereocenters. The van der Waals surface area contributed by atoms with Crippen molar-refractivity contribution in [2.75, 3.05) is 24.8 Å². The highest BCUT2D eigenvalue weighted by molar-refractivity contribution is 7.98. The standard InChI is InChI=1S/C12H13N3O2S2/c1-18-11-5-10-9(16-2-3-17-10)4-8(11)6-13-12-7-14-15-19-12/h4-5,7,13H,2-3,6H2,1H3. The summed E-state index contributed by atoms with van der Waals surface area (Å²) in [6.07, 6.45) is 3.78. The summed E-state index contributed by atoms with van der Waals surface area (Å²) in [5.74, 6) is 1.65. The Morgan fingerprint density at radius 3 is 2.79 bits per heavy atom. The van der Waals surface area contributed by atoms with Crippen LogP contribution in [-0.4, -0.2) is 29.1 Å². The minimum atomic E-state index is 0.608. The van der Waals surface area contributed by atoms with Crippen molar-refractivity contribution >= 4 is 28.3 Å². The molecule has 1 aliphatic heterocycles. The summed E-state index contributed by atoms with van der Waals surface area (Å²) in [5.41, 5.74) is 1.19. The van der Waals surface area contributed by atoms with Crippen LogP contribution in [0.5, 0.6) is 11.5 Å². The number of fused-ring (bicyclic) bond motifs is 1. The van der Waals surface area contributed by atoms with Crippen molar-refractivity contribution in [3.8, 4) is 11.5 Å². The monoisotopic (exact) mass is 295 g/mol. The first-order valence-corrected chi connectivity index (χ1v) is 7.84. The molecule has 1 aliphatic rings. The first-order chi connectivity index (χ1) is 9.36. The van der Waals surface area contributed by atoms with Gasteiger partial charge in [0.05, 0.1) is 6.20 Å². The van der Waals surface area contributed by atoms with E-state index >= 15 is 0 Å². The molecule has 7 heteroatoms. The molecule has 1 N–H and O–H groups in total. The van der Waals surface area contributed by atoms with Gasteiger partial charge in [-0.2, -0.15) is 0 Å². The van der Waals surface area contributed by atoms with E-state index in [0.29, 0.717) is 13.2 Å². The lowest BCUT2D eigenvalue weighted by molar-refractivity contribution is 0.171. The van der Waals surface area contributed by atoms with Crippen LogP contribution in [0.25, 0.3) is 0 Å². The van der Waals surface area contributed by atoms with Crippen LogP contribution in [-0.2, 0) is 6.54 Å². The largest absolute Gasteiger partial charge is 0.486 e. The van der Waals surface area contributed by atoms with E-state index in [1.54, 1.807) is 18.0 Å². The van der Waals surface area contributed by atoms with Crippen LogP contribution in [0.15, 0.2) is 23.2 Å². The molecule has 5 nitrogen and oxygen atoms in total. The second kappa shape index (κ2) is 5.66. The first kappa shape index (κ1) is 12.6. The van der Waals surface area contributed by atoms with E-state index in [1.807, 2.05) is 12.1 Å². The van der Waals surface area contributed by atoms with Gasteiger partial charge < -0.3 is 14.8 Å². The fourth-order valence-corrected chi connectivity index (χ4v) is 2.90. The maximum absolute atomic E-state index is 5.62. The van der Waals surface area contributed by atoms with Gasteiger partial charge in [-0.05, 0) is 24.0 Å². The van der Waals surface area contributed by atoms with Gasteiger partial charge in [0, 0.05) is 23.0 Å². The summed E-state index contributed by atoms with van der Waals surface area (Å²) < 4.78 is 15.0. The van der Waals surface area contributed by atoms with Gasteiger partial charge in [-0.25, -0.2) is 0 Å². The van der Waals surface area contributed by atoms with Crippen molar-refractivity contribution in [1.82, 2.24) is 9.59 Å². The number of hydrogen-bond acceptors (Lipinski definition) is 7. The Morgan fingerprint density at radius 1 is 1.32 bits per heavy atom. The van der Waals surface area contributed by atoms with E-state index < -0.39 is 0 Å². The number of rotatable bonds is 4. The molecule has 2 heterocycles. The summed E-state index contributed by atoms with van der Waals surface area (Å²) in [6, 6.07) is 4.09. The van der Waals surface area contributed by atoms with E-state index in [1.165, 1.54) is 22.0 Å². The topological polar surface area (TPSA) is 56.3 Å². The smallest absolute Gasteiger partial charge is 0.162 e. The van der Waals surface area contributed by atoms with Gasteiger partial charge in [0.1, 0.15) is 18.2 Å². The van der Waals surface area contributed by atoms with Gasteiger partial charge in [-0.1, -0.05) is 4.49 Å². The Bertz CT molecular complexity index is 560. The number of hydrogen-bond donors (Lipinski definition) is 1. The number of thioether (sulfide) groups is 1. The van der Waals surface area contributed by atoms with Crippen LogP contribution in [0.1, 0.15) is 5.56 Å². The van der Waals surface area contributed by atoms with Gasteiger partial charge in [-0.15, -0.1) is 16.9 Å². The first-order valence-electron chi connectivity index (χ1n) is 5.84. The van der Waals surface area contributed by atoms with Crippen molar-refractivity contribution in [2.45, 2.75) is 11.4 Å². The summed E-state index contributed by atoms with van der Waals surface area (Å²) in [4.78, 5) is 1.19. The molecular weight excluding hydrogens is 282 g/mol. The normalized spacial score (nSPS) is 13.3. The predicted octanol–water partition coefficient (Wildman–Crippen LogP) is 2.64. The van der Waals surface area contributed by atoms with Gasteiger partial charge >= 0.3 is 0 Å². The summed E-state index contributed by atoms with van der Waals surface area (Å²) in [7, 11) is 0. The molecule has 0 fully saturated rings. The van der Waals surface area contributed by atoms with Gasteiger partial charge in [0.25, 0.3) is 0 Å². The highest BCUT2D eigenvalue weighted by atomic mass is 32.2. The number of anilines is 1. The van der Waals surface area contributed by atoms with Crippen LogP contribution < -0.4 is 14.8 Å². The van der Waals surface area contributed by atoms with Gasteiger partial charge in [0.15, 0.2) is 11.5 Å². The third kappa shape index (κ3) is 2.76. The number of nitrogens with zero attached hydrogens (tertiary/aromatic N) is 2. The SMILES string of the molecule is CSc1cc2c(cc1CNc1cnns1)OCCO2. The van der Waals surface area contributed by atoms with E-state index in [-0.39, 0.29) is 0 Å². The van der Waals surface area contributed by atoms with E-state index in [4.69, 9.17) is 9.47 Å². The van der Waals surface area contributed by atoms with Crippen LogP contribution in [0.2, 0.25) is 0 Å². The molecule has 1 aromatic carbocycles. The lowest BCUT2D eigenvalue weighted by Crippen LogP contribution is -2.16. The Kier molecular flexibility index (Phi) is 3.74. The Balaban J connectivity index is 1.82. The Labute approximate surface area is 119 Å². The molecule has 0 aliphatic carbocycles. The van der Waals surface area contributed by atoms with Gasteiger partial charge in [-0.3, -0.25) is 0 Å². The van der Waals surface area contributed by atoms with Crippen molar-refractivity contribution in [3.63, 3.8) is 0 Å². The van der Waals surface area contributed by atoms with Gasteiger partial charge in [0.2, 0.25) is 0 Å². The molecule has 0 saturated heterocycles. The van der Waals surface area contributed by atoms with Crippen LogP contribution in [0.4, 0.5) is 5.00 Å². The quantitative estimate of drug-likeness (QED) is 0.875. The zero-order chi connectivity index (χ0) is 13.1. The molecule has 0 unspecified atom stereocenters. The Morgan fingerprint density at radius 2 is 2.11 bits per heavy atom. The molecule has 1 aromatic heterocycles. The Hall–Kier alpha value is -1.47. The molecule has 100 valence electrons. The lowest BCUT2D eigenvalue weighted by Gasteiger charge is -2.20. The second-order valence-corrected chi connectivity index (χ2v) is 5.58. The third-order valence-corrected chi connectivity index (χ3v) is 4.20. The van der Waals surface area contributed by atoms with E-state index in [2.05, 4.69) is 21.2 Å². The van der Waals surface area contributed by atoms with Crippen LogP contribution in [0, 0.1) is 0 Å². The molecule has 0 saturated carbocycles. The highest BCUT2D eigenvalue weighted by Crippen LogP contribution is 2.36. The fraction of sp³-hybridized carbons (Fsp3) is 0.333. The summed E-state index contributed by atoms with van der Waals surface area (Å²) >= 11 is 3.05. The maximum Gasteiger partial charge on any atom is 0.162 e. The second-order valence-electron chi connectivity index (χ2n) is 3.94. The van der Waals surface area contributed by atoms with Crippen LogP contribution >= 0.6 is 23.3 Å². The number of aromatic nitrogens is 2. The fourth-order valence-electron chi connectivity index (χ4n) is 1.87. The molecule has 0 radical (unpaired) electrons. The zero-order valence-corrected chi connectivity index (χ0v) is 12.0. The zero-order valence-electron chi connectivity index (χ0n) is 10.4. The average Bonchev–Trinajstić information content (AvgIpc) is 2.97. The minimum absolute atomic E-state index is 0.608. The number of benzene rings is 1. The van der Waals surface area contributed by atoms with E-state index in [0.717, 1.165) is 23.0 Å². The number of nitrogens with one attached hydrogen (secondary N) is 1. The van der Waals surface area contributed by atoms with Crippen molar-refractivity contribution in [1.29, 1.82) is 0 Å². The van der Waals surface area contributed by atoms with Crippen molar-refractivity contribution in [2.24, 2.45) is 0 Å². The molecule has 3 rings (SSSR count). The average molecular weight is 295 g/mol. The lowest BCUT2D eigenvalue weighted by atomic mass is 10.2. The van der Waals surface area contributed by atoms with Crippen molar-refractivity contribution < 1.29 is 9.47 Å².